The summed E-state index contributed by atoms with van der Waals surface area (Å²) < 4.78 is 23.2. The van der Waals surface area contributed by atoms with Gasteiger partial charge in [0.2, 0.25) is 0 Å². The number of aromatic nitrogens is 1. The quantitative estimate of drug-likeness (QED) is 0.875. The Kier molecular flexibility index (Phi) is 2.71. The van der Waals surface area contributed by atoms with Gasteiger partial charge in [-0.05, 0) is 37.8 Å². The summed E-state index contributed by atoms with van der Waals surface area (Å²) in [5.41, 5.74) is 2.10. The molecule has 1 aromatic rings. The first-order chi connectivity index (χ1) is 8.48. The zero-order valence-electron chi connectivity index (χ0n) is 10.5. The van der Waals surface area contributed by atoms with Crippen molar-refractivity contribution in [2.75, 3.05) is 11.5 Å². The van der Waals surface area contributed by atoms with E-state index in [1.54, 1.807) is 0 Å². The van der Waals surface area contributed by atoms with E-state index in [9.17, 15) is 8.42 Å². The van der Waals surface area contributed by atoms with Crippen LogP contribution >= 0.6 is 0 Å². The SMILES string of the molecule is CC1(NC2CCc3cccnc32)CCS(=O)(=O)C1. The Hall–Kier alpha value is -0.940. The van der Waals surface area contributed by atoms with E-state index in [0.717, 1.165) is 18.5 Å². The van der Waals surface area contributed by atoms with Gasteiger partial charge in [-0.15, -0.1) is 0 Å². The zero-order chi connectivity index (χ0) is 12.8. The molecular weight excluding hydrogens is 248 g/mol. The lowest BCUT2D eigenvalue weighted by molar-refractivity contribution is 0.338. The molecule has 1 aliphatic heterocycles. The van der Waals surface area contributed by atoms with Crippen LogP contribution in [-0.4, -0.2) is 30.4 Å². The van der Waals surface area contributed by atoms with E-state index >= 15 is 0 Å². The lowest BCUT2D eigenvalue weighted by Crippen LogP contribution is -2.45. The van der Waals surface area contributed by atoms with Gasteiger partial charge in [-0.1, -0.05) is 6.07 Å². The maximum Gasteiger partial charge on any atom is 0.152 e. The summed E-state index contributed by atoms with van der Waals surface area (Å²) >= 11 is 0. The van der Waals surface area contributed by atoms with E-state index in [0.29, 0.717) is 12.2 Å². The summed E-state index contributed by atoms with van der Waals surface area (Å²) in [5, 5.41) is 3.52. The highest BCUT2D eigenvalue weighted by atomic mass is 32.2. The molecule has 0 spiro atoms. The molecule has 2 heterocycles. The first kappa shape index (κ1) is 12.1. The van der Waals surface area contributed by atoms with Gasteiger partial charge in [-0.25, -0.2) is 8.42 Å². The number of aryl methyl sites for hydroxylation is 1. The van der Waals surface area contributed by atoms with Crippen molar-refractivity contribution in [3.63, 3.8) is 0 Å². The highest BCUT2D eigenvalue weighted by molar-refractivity contribution is 7.91. The van der Waals surface area contributed by atoms with Crippen molar-refractivity contribution in [3.05, 3.63) is 29.6 Å². The van der Waals surface area contributed by atoms with Crippen LogP contribution in [0.25, 0.3) is 0 Å². The lowest BCUT2D eigenvalue weighted by Gasteiger charge is -2.28. The predicted octanol–water partition coefficient (Wildman–Crippen LogP) is 1.24. The Morgan fingerprint density at radius 1 is 1.50 bits per heavy atom. The minimum Gasteiger partial charge on any atom is -0.302 e. The number of rotatable bonds is 2. The molecule has 2 unspecified atom stereocenters. The van der Waals surface area contributed by atoms with Crippen LogP contribution in [0.15, 0.2) is 18.3 Å². The summed E-state index contributed by atoms with van der Waals surface area (Å²) in [6.07, 6.45) is 4.56. The van der Waals surface area contributed by atoms with Crippen molar-refractivity contribution in [1.29, 1.82) is 0 Å². The van der Waals surface area contributed by atoms with Crippen molar-refractivity contribution in [2.45, 2.75) is 37.8 Å². The van der Waals surface area contributed by atoms with Gasteiger partial charge in [0.15, 0.2) is 9.84 Å². The number of sulfone groups is 1. The van der Waals surface area contributed by atoms with Gasteiger partial charge in [0.05, 0.1) is 23.2 Å². The highest BCUT2D eigenvalue weighted by Crippen LogP contribution is 2.33. The molecule has 2 aliphatic rings. The predicted molar refractivity (Wildman–Crippen MR) is 70.1 cm³/mol. The summed E-state index contributed by atoms with van der Waals surface area (Å²) in [6.45, 7) is 2.01. The van der Waals surface area contributed by atoms with Crippen LogP contribution in [-0.2, 0) is 16.3 Å². The van der Waals surface area contributed by atoms with E-state index in [-0.39, 0.29) is 17.3 Å². The maximum absolute atomic E-state index is 11.6. The second-order valence-electron chi connectivity index (χ2n) is 5.69. The molecule has 0 radical (unpaired) electrons. The molecule has 18 heavy (non-hydrogen) atoms. The van der Waals surface area contributed by atoms with E-state index in [2.05, 4.69) is 16.4 Å². The number of hydrogen-bond acceptors (Lipinski definition) is 4. The molecule has 0 bridgehead atoms. The average Bonchev–Trinajstić information content (AvgIpc) is 2.82. The standard InChI is InChI=1S/C13H18N2O2S/c1-13(6-8-18(16,17)9-13)15-11-5-4-10-3-2-7-14-12(10)11/h2-3,7,11,15H,4-6,8-9H2,1H3. The Labute approximate surface area is 108 Å². The van der Waals surface area contributed by atoms with Crippen LogP contribution < -0.4 is 5.32 Å². The second-order valence-corrected chi connectivity index (χ2v) is 7.87. The maximum atomic E-state index is 11.6. The zero-order valence-corrected chi connectivity index (χ0v) is 11.3. The van der Waals surface area contributed by atoms with Gasteiger partial charge < -0.3 is 5.32 Å². The number of pyridine rings is 1. The first-order valence-electron chi connectivity index (χ1n) is 6.39. The molecule has 1 saturated heterocycles. The Morgan fingerprint density at radius 3 is 3.06 bits per heavy atom. The van der Waals surface area contributed by atoms with Gasteiger partial charge in [0.25, 0.3) is 0 Å². The summed E-state index contributed by atoms with van der Waals surface area (Å²) in [6, 6.07) is 4.28. The minimum absolute atomic E-state index is 0.208. The molecule has 0 aromatic carbocycles. The average molecular weight is 266 g/mol. The van der Waals surface area contributed by atoms with Gasteiger partial charge in [0, 0.05) is 11.7 Å². The second kappa shape index (κ2) is 4.03. The molecule has 1 aromatic heterocycles. The molecule has 5 heteroatoms. The summed E-state index contributed by atoms with van der Waals surface area (Å²) in [7, 11) is -2.86. The molecule has 98 valence electrons. The van der Waals surface area contributed by atoms with Gasteiger partial charge >= 0.3 is 0 Å². The van der Waals surface area contributed by atoms with E-state index < -0.39 is 9.84 Å². The van der Waals surface area contributed by atoms with Crippen LogP contribution in [0, 0.1) is 0 Å². The van der Waals surface area contributed by atoms with E-state index in [1.165, 1.54) is 5.56 Å². The number of nitrogens with zero attached hydrogens (tertiary/aromatic N) is 1. The lowest BCUT2D eigenvalue weighted by atomic mass is 10.00. The highest BCUT2D eigenvalue weighted by Gasteiger charge is 2.40. The third-order valence-corrected chi connectivity index (χ3v) is 5.89. The van der Waals surface area contributed by atoms with Gasteiger partial charge in [-0.2, -0.15) is 0 Å². The molecule has 0 amide bonds. The first-order valence-corrected chi connectivity index (χ1v) is 8.22. The summed E-state index contributed by atoms with van der Waals surface area (Å²) in [5.74, 6) is 0.553. The third kappa shape index (κ3) is 2.17. The van der Waals surface area contributed by atoms with Crippen molar-refractivity contribution >= 4 is 9.84 Å². The summed E-state index contributed by atoms with van der Waals surface area (Å²) in [4.78, 5) is 4.44. The molecule has 1 N–H and O–H groups in total. The molecule has 2 atom stereocenters. The molecule has 1 aliphatic carbocycles. The molecule has 3 rings (SSSR count). The van der Waals surface area contributed by atoms with Crippen LogP contribution in [0.5, 0.6) is 0 Å². The fourth-order valence-electron chi connectivity index (χ4n) is 3.10. The smallest absolute Gasteiger partial charge is 0.152 e. The van der Waals surface area contributed by atoms with Crippen LogP contribution in [0.2, 0.25) is 0 Å². The van der Waals surface area contributed by atoms with E-state index in [1.807, 2.05) is 19.2 Å². The molecule has 1 fully saturated rings. The number of fused-ring (bicyclic) bond motifs is 1. The van der Waals surface area contributed by atoms with Gasteiger partial charge in [-0.3, -0.25) is 4.98 Å². The van der Waals surface area contributed by atoms with Crippen molar-refractivity contribution < 1.29 is 8.42 Å². The van der Waals surface area contributed by atoms with Crippen molar-refractivity contribution in [2.24, 2.45) is 0 Å². The minimum atomic E-state index is -2.86. The molecule has 4 nitrogen and oxygen atoms in total. The molecular formula is C13H18N2O2S. The Morgan fingerprint density at radius 2 is 2.33 bits per heavy atom. The third-order valence-electron chi connectivity index (χ3n) is 3.98. The van der Waals surface area contributed by atoms with Crippen LogP contribution in [0.1, 0.15) is 37.1 Å². The fourth-order valence-corrected chi connectivity index (χ4v) is 5.20. The van der Waals surface area contributed by atoms with Crippen molar-refractivity contribution in [1.82, 2.24) is 10.3 Å². The monoisotopic (exact) mass is 266 g/mol. The van der Waals surface area contributed by atoms with E-state index in [4.69, 9.17) is 0 Å². The Bertz CT molecular complexity index is 570. The molecule has 0 saturated carbocycles. The Balaban J connectivity index is 1.79. The number of hydrogen-bond donors (Lipinski definition) is 1. The largest absolute Gasteiger partial charge is 0.302 e. The van der Waals surface area contributed by atoms with Crippen LogP contribution in [0.3, 0.4) is 0 Å². The number of nitrogens with one attached hydrogen (secondary N) is 1. The van der Waals surface area contributed by atoms with Crippen molar-refractivity contribution in [3.8, 4) is 0 Å². The normalized spacial score (nSPS) is 33.5. The topological polar surface area (TPSA) is 59.1 Å². The fraction of sp³-hybridized carbons (Fsp3) is 0.615. The van der Waals surface area contributed by atoms with Crippen LogP contribution in [0.4, 0.5) is 0 Å². The van der Waals surface area contributed by atoms with Gasteiger partial charge in [0.1, 0.15) is 0 Å².